The van der Waals surface area contributed by atoms with E-state index in [0.717, 1.165) is 44.7 Å². The average molecular weight is 826 g/mol. The van der Waals surface area contributed by atoms with E-state index < -0.39 is 0 Å². The topological polar surface area (TPSA) is 61.5 Å². The number of nitrogens with zero attached hydrogens (tertiary/aromatic N) is 4. The number of ether oxygens (including phenoxy) is 2. The molecule has 3 aromatic carbocycles. The number of para-hydroxylation sites is 1. The monoisotopic (exact) mass is 825 g/mol. The van der Waals surface area contributed by atoms with Crippen LogP contribution in [0.2, 0.25) is 0 Å². The Kier molecular flexibility index (Phi) is 7.98. The normalized spacial score (nSPS) is 18.1. The predicted molar refractivity (Wildman–Crippen MR) is 190 cm³/mol. The number of aromatic nitrogens is 3. The summed E-state index contributed by atoms with van der Waals surface area (Å²) in [6.45, 7) is 9.41. The van der Waals surface area contributed by atoms with Crippen LogP contribution < -0.4 is 4.74 Å². The van der Waals surface area contributed by atoms with E-state index in [9.17, 15) is 0 Å². The molecule has 3 aliphatic rings. The van der Waals surface area contributed by atoms with Gasteiger partial charge in [0, 0.05) is 34.7 Å². The zero-order chi connectivity index (χ0) is 32.6. The van der Waals surface area contributed by atoms with Gasteiger partial charge in [-0.25, -0.2) is 4.98 Å². The van der Waals surface area contributed by atoms with Gasteiger partial charge in [0.1, 0.15) is 11.5 Å². The van der Waals surface area contributed by atoms with Gasteiger partial charge in [0.15, 0.2) is 0 Å². The van der Waals surface area contributed by atoms with Crippen LogP contribution in [0, 0.1) is 31.9 Å². The molecule has 0 radical (unpaired) electrons. The summed E-state index contributed by atoms with van der Waals surface area (Å²) in [5, 5.41) is 2.36. The van der Waals surface area contributed by atoms with E-state index in [-0.39, 0.29) is 32.5 Å². The van der Waals surface area contributed by atoms with Gasteiger partial charge >= 0.3 is 21.1 Å². The van der Waals surface area contributed by atoms with Gasteiger partial charge in [-0.3, -0.25) is 9.98 Å². The molecule has 0 saturated heterocycles. The molecule has 0 spiro atoms. The molecule has 1 atom stereocenters. The Bertz CT molecular complexity index is 2270. The summed E-state index contributed by atoms with van der Waals surface area (Å²) in [5.74, 6) is 2.45. The first-order valence-corrected chi connectivity index (χ1v) is 17.2. The van der Waals surface area contributed by atoms with E-state index in [1.807, 2.05) is 36.7 Å². The minimum absolute atomic E-state index is 0. The van der Waals surface area contributed by atoms with Crippen molar-refractivity contribution in [3.05, 3.63) is 113 Å². The second-order valence-corrected chi connectivity index (χ2v) is 14.3. The van der Waals surface area contributed by atoms with Gasteiger partial charge in [-0.2, -0.15) is 6.07 Å². The first-order chi connectivity index (χ1) is 23.3. The van der Waals surface area contributed by atoms with Crippen molar-refractivity contribution in [3.63, 3.8) is 0 Å². The van der Waals surface area contributed by atoms with E-state index >= 15 is 0 Å². The van der Waals surface area contributed by atoms with Crippen molar-refractivity contribution < 1.29 is 30.5 Å². The third kappa shape index (κ3) is 5.31. The zero-order valence-corrected chi connectivity index (χ0v) is 30.5. The first kappa shape index (κ1) is 32.0. The number of hydrogen-bond acceptors (Lipinski definition) is 5. The summed E-state index contributed by atoms with van der Waals surface area (Å²) >= 11 is 0. The van der Waals surface area contributed by atoms with E-state index in [2.05, 4.69) is 85.8 Å². The predicted octanol–water partition coefficient (Wildman–Crippen LogP) is 9.61. The zero-order valence-electron chi connectivity index (χ0n) is 28.2. The Morgan fingerprint density at radius 3 is 2.57 bits per heavy atom. The Labute approximate surface area is 301 Å². The van der Waals surface area contributed by atoms with Gasteiger partial charge in [-0.05, 0) is 60.4 Å². The van der Waals surface area contributed by atoms with E-state index in [4.69, 9.17) is 19.5 Å². The molecule has 248 valence electrons. The summed E-state index contributed by atoms with van der Waals surface area (Å²) < 4.78 is 15.3. The molecule has 6 aromatic rings. The van der Waals surface area contributed by atoms with Gasteiger partial charge in [0.05, 0.1) is 23.9 Å². The third-order valence-electron chi connectivity index (χ3n) is 10.7. The number of benzene rings is 3. The summed E-state index contributed by atoms with van der Waals surface area (Å²) in [6, 6.07) is 28.6. The fourth-order valence-corrected chi connectivity index (χ4v) is 8.10. The number of aliphatic imine (C=N–C) groups is 1. The van der Waals surface area contributed by atoms with Gasteiger partial charge in [0.25, 0.3) is 0 Å². The van der Waals surface area contributed by atoms with Crippen molar-refractivity contribution >= 4 is 27.8 Å². The van der Waals surface area contributed by atoms with Crippen LogP contribution in [0.15, 0.2) is 78.0 Å². The Morgan fingerprint density at radius 1 is 0.898 bits per heavy atom. The van der Waals surface area contributed by atoms with E-state index in [1.54, 1.807) is 0 Å². The molecule has 1 saturated carbocycles. The molecular formula is C42H38N4O2Pt. The molecule has 0 amide bonds. The van der Waals surface area contributed by atoms with Gasteiger partial charge in [-0.15, -0.1) is 23.3 Å². The number of aryl methyl sites for hydroxylation is 2. The second kappa shape index (κ2) is 12.2. The smallest absolute Gasteiger partial charge is 0.518 e. The van der Waals surface area contributed by atoms with Crippen molar-refractivity contribution in [1.29, 1.82) is 0 Å². The molecule has 7 heteroatoms. The molecule has 5 heterocycles. The molecule has 6 nitrogen and oxygen atoms in total. The van der Waals surface area contributed by atoms with Crippen LogP contribution in [0.3, 0.4) is 0 Å². The van der Waals surface area contributed by atoms with Crippen LogP contribution in [-0.4, -0.2) is 33.1 Å². The van der Waals surface area contributed by atoms with E-state index in [0.29, 0.717) is 29.9 Å². The van der Waals surface area contributed by atoms with Crippen LogP contribution in [0.5, 0.6) is 11.5 Å². The van der Waals surface area contributed by atoms with Crippen LogP contribution >= 0.6 is 0 Å². The number of pyridine rings is 2. The van der Waals surface area contributed by atoms with Gasteiger partial charge < -0.3 is 14.0 Å². The maximum Gasteiger partial charge on any atom is 2.00 e. The molecule has 2 aliphatic heterocycles. The molecule has 1 fully saturated rings. The van der Waals surface area contributed by atoms with Crippen molar-refractivity contribution in [1.82, 2.24) is 14.5 Å². The Morgan fingerprint density at radius 2 is 1.76 bits per heavy atom. The minimum atomic E-state index is -0.237. The first-order valence-electron chi connectivity index (χ1n) is 17.2. The maximum absolute atomic E-state index is 6.76. The molecule has 49 heavy (non-hydrogen) atoms. The Balaban J connectivity index is 0.00000348. The number of fused-ring (bicyclic) bond motifs is 5. The summed E-state index contributed by atoms with van der Waals surface area (Å²) in [5.41, 5.74) is 10.0. The Hall–Kier alpha value is -4.28. The van der Waals surface area contributed by atoms with Crippen LogP contribution in [0.4, 0.5) is 0 Å². The van der Waals surface area contributed by atoms with Gasteiger partial charge in [0.2, 0.25) is 0 Å². The minimum Gasteiger partial charge on any atom is -0.518 e. The number of hydrogen-bond donors (Lipinski definition) is 0. The maximum atomic E-state index is 6.76. The van der Waals surface area contributed by atoms with Crippen LogP contribution in [0.25, 0.3) is 38.9 Å². The number of rotatable bonds is 5. The quantitative estimate of drug-likeness (QED) is 0.163. The van der Waals surface area contributed by atoms with Crippen molar-refractivity contribution in [2.45, 2.75) is 71.3 Å². The van der Waals surface area contributed by atoms with Gasteiger partial charge in [-0.1, -0.05) is 93.2 Å². The second-order valence-electron chi connectivity index (χ2n) is 14.3. The average Bonchev–Trinajstić information content (AvgIpc) is 3.73. The molecule has 0 unspecified atom stereocenters. The summed E-state index contributed by atoms with van der Waals surface area (Å²) in [7, 11) is 0. The van der Waals surface area contributed by atoms with Crippen LogP contribution in [-0.2, 0) is 31.2 Å². The fraction of sp³-hybridized carbons (Fsp3) is 0.310. The van der Waals surface area contributed by atoms with Crippen LogP contribution in [0.1, 0.15) is 73.8 Å². The summed E-state index contributed by atoms with van der Waals surface area (Å²) in [4.78, 5) is 14.7. The standard InChI is InChI=1S/C42H38N4O2.Pt/c1-25-17-32-31-13-10-14-33-39(31)46(40(32)44-23-25)37-22-38(26(2)18-34(37)42(33,3)4)48-30-20-28(35-15-8-9-16-43-35)19-29(21-30)41-45-36(24-47-41)27-11-6-5-7-12-27;/h8-10,13-20,23,27,36H,5-7,11-12,24H2,1-4H3;/q-2;+2/t36-;/m0./s1. The van der Waals surface area contributed by atoms with Crippen molar-refractivity contribution in [2.24, 2.45) is 10.9 Å². The molecule has 1 aliphatic carbocycles. The molecule has 0 bridgehead atoms. The molecular weight excluding hydrogens is 788 g/mol. The van der Waals surface area contributed by atoms with Crippen molar-refractivity contribution in [2.75, 3.05) is 6.61 Å². The molecule has 0 N–H and O–H groups in total. The van der Waals surface area contributed by atoms with E-state index in [1.165, 1.54) is 54.1 Å². The fourth-order valence-electron chi connectivity index (χ4n) is 8.10. The largest absolute Gasteiger partial charge is 2.00 e. The molecule has 3 aromatic heterocycles. The molecule has 9 rings (SSSR count). The third-order valence-corrected chi connectivity index (χ3v) is 10.7. The SMILES string of the molecule is Cc1cnc2c(c1)c1cccc3c1n2-c1[c-]c(Oc2[c-]c(C4=N[C@H](C5CCCCC5)CO4)cc(-c4ccccn4)c2)c(C)cc1C3(C)C.[Pt+2]. The summed E-state index contributed by atoms with van der Waals surface area (Å²) in [6.07, 6.45) is 10.1. The van der Waals surface area contributed by atoms with Crippen molar-refractivity contribution in [3.8, 4) is 28.4 Å².